The summed E-state index contributed by atoms with van der Waals surface area (Å²) in [6.45, 7) is 2.35. The molecule has 2 aromatic carbocycles. The van der Waals surface area contributed by atoms with E-state index in [1.165, 1.54) is 0 Å². The summed E-state index contributed by atoms with van der Waals surface area (Å²) < 4.78 is 11.0. The SMILES string of the molecule is COc1ccc2oc(C(=O)NCCc3nc4ccccc4[nH]3)c(C)c2c1. The topological polar surface area (TPSA) is 80.2 Å². The highest BCUT2D eigenvalue weighted by molar-refractivity contribution is 5.99. The maximum absolute atomic E-state index is 12.5. The number of aromatic nitrogens is 2. The Balaban J connectivity index is 1.46. The highest BCUT2D eigenvalue weighted by Crippen LogP contribution is 2.28. The summed E-state index contributed by atoms with van der Waals surface area (Å²) in [6.07, 6.45) is 0.619. The quantitative estimate of drug-likeness (QED) is 0.577. The number of ether oxygens (including phenoxy) is 1. The molecule has 0 bridgehead atoms. The number of carbonyl (C=O) groups is 1. The Morgan fingerprint density at radius 1 is 1.27 bits per heavy atom. The van der Waals surface area contributed by atoms with E-state index >= 15 is 0 Å². The minimum absolute atomic E-state index is 0.228. The van der Waals surface area contributed by atoms with Crippen LogP contribution in [0.1, 0.15) is 21.9 Å². The minimum atomic E-state index is -0.228. The molecule has 4 rings (SSSR count). The van der Waals surface area contributed by atoms with Crippen LogP contribution in [0.4, 0.5) is 0 Å². The lowest BCUT2D eigenvalue weighted by molar-refractivity contribution is 0.0927. The van der Waals surface area contributed by atoms with Crippen molar-refractivity contribution in [1.29, 1.82) is 0 Å². The smallest absolute Gasteiger partial charge is 0.287 e. The summed E-state index contributed by atoms with van der Waals surface area (Å²) >= 11 is 0. The van der Waals surface area contributed by atoms with Gasteiger partial charge >= 0.3 is 0 Å². The van der Waals surface area contributed by atoms with E-state index in [9.17, 15) is 4.79 Å². The molecule has 2 N–H and O–H groups in total. The van der Waals surface area contributed by atoms with Gasteiger partial charge in [-0.15, -0.1) is 0 Å². The molecule has 0 saturated heterocycles. The monoisotopic (exact) mass is 349 g/mol. The van der Waals surface area contributed by atoms with E-state index in [1.54, 1.807) is 7.11 Å². The van der Waals surface area contributed by atoms with Crippen LogP contribution in [0.15, 0.2) is 46.9 Å². The zero-order valence-electron chi connectivity index (χ0n) is 14.6. The van der Waals surface area contributed by atoms with Crippen molar-refractivity contribution in [2.75, 3.05) is 13.7 Å². The van der Waals surface area contributed by atoms with Crippen molar-refractivity contribution in [2.45, 2.75) is 13.3 Å². The maximum Gasteiger partial charge on any atom is 0.287 e. The number of aryl methyl sites for hydroxylation is 1. The highest BCUT2D eigenvalue weighted by atomic mass is 16.5. The van der Waals surface area contributed by atoms with Crippen LogP contribution in [-0.4, -0.2) is 29.5 Å². The van der Waals surface area contributed by atoms with Crippen LogP contribution in [-0.2, 0) is 6.42 Å². The van der Waals surface area contributed by atoms with Crippen LogP contribution in [0.3, 0.4) is 0 Å². The van der Waals surface area contributed by atoms with Crippen molar-refractivity contribution in [3.8, 4) is 5.75 Å². The molecule has 6 nitrogen and oxygen atoms in total. The fourth-order valence-corrected chi connectivity index (χ4v) is 3.04. The number of aromatic amines is 1. The summed E-state index contributed by atoms with van der Waals surface area (Å²) in [7, 11) is 1.61. The van der Waals surface area contributed by atoms with Gasteiger partial charge in [0.1, 0.15) is 17.2 Å². The Morgan fingerprint density at radius 2 is 2.12 bits per heavy atom. The zero-order chi connectivity index (χ0) is 18.1. The van der Waals surface area contributed by atoms with Crippen LogP contribution >= 0.6 is 0 Å². The number of hydrogen-bond donors (Lipinski definition) is 2. The van der Waals surface area contributed by atoms with Crippen molar-refractivity contribution in [1.82, 2.24) is 15.3 Å². The average Bonchev–Trinajstić information content (AvgIpc) is 3.22. The molecule has 4 aromatic rings. The minimum Gasteiger partial charge on any atom is -0.497 e. The van der Waals surface area contributed by atoms with Crippen LogP contribution < -0.4 is 10.1 Å². The van der Waals surface area contributed by atoms with Crippen molar-refractivity contribution < 1.29 is 13.9 Å². The summed E-state index contributed by atoms with van der Waals surface area (Å²) in [5, 5.41) is 3.78. The van der Waals surface area contributed by atoms with Crippen LogP contribution in [0.5, 0.6) is 5.75 Å². The first-order chi connectivity index (χ1) is 12.7. The van der Waals surface area contributed by atoms with E-state index in [0.717, 1.165) is 33.6 Å². The van der Waals surface area contributed by atoms with E-state index in [2.05, 4.69) is 15.3 Å². The Labute approximate surface area is 150 Å². The summed E-state index contributed by atoms with van der Waals surface area (Å²) in [5.74, 6) is 1.68. The summed E-state index contributed by atoms with van der Waals surface area (Å²) in [5.41, 5.74) is 3.40. The van der Waals surface area contributed by atoms with E-state index < -0.39 is 0 Å². The molecule has 0 saturated carbocycles. The number of H-pyrrole nitrogens is 1. The molecule has 0 aliphatic heterocycles. The number of hydrogen-bond acceptors (Lipinski definition) is 4. The number of nitrogens with one attached hydrogen (secondary N) is 2. The first kappa shape index (κ1) is 16.2. The molecule has 0 atom stereocenters. The molecule has 2 heterocycles. The molecule has 1 amide bonds. The molecule has 0 aliphatic rings. The number of amides is 1. The Hall–Kier alpha value is -3.28. The number of fused-ring (bicyclic) bond motifs is 2. The number of para-hydroxylation sites is 2. The van der Waals surface area contributed by atoms with Crippen LogP contribution in [0.25, 0.3) is 22.0 Å². The second kappa shape index (κ2) is 6.55. The van der Waals surface area contributed by atoms with Gasteiger partial charge in [0.15, 0.2) is 5.76 Å². The van der Waals surface area contributed by atoms with Crippen LogP contribution in [0.2, 0.25) is 0 Å². The number of benzene rings is 2. The number of rotatable bonds is 5. The maximum atomic E-state index is 12.5. The summed E-state index contributed by atoms with van der Waals surface area (Å²) in [6, 6.07) is 13.4. The normalized spacial score (nSPS) is 11.2. The second-order valence-corrected chi connectivity index (χ2v) is 6.12. The van der Waals surface area contributed by atoms with E-state index in [0.29, 0.717) is 24.3 Å². The zero-order valence-corrected chi connectivity index (χ0v) is 14.6. The number of carbonyl (C=O) groups excluding carboxylic acids is 1. The van der Waals surface area contributed by atoms with Gasteiger partial charge in [-0.05, 0) is 37.3 Å². The van der Waals surface area contributed by atoms with Gasteiger partial charge in [0.25, 0.3) is 5.91 Å². The molecule has 0 spiro atoms. The van der Waals surface area contributed by atoms with E-state index in [4.69, 9.17) is 9.15 Å². The van der Waals surface area contributed by atoms with Crippen LogP contribution in [0, 0.1) is 6.92 Å². The molecule has 0 radical (unpaired) electrons. The molecule has 0 aliphatic carbocycles. The molecule has 26 heavy (non-hydrogen) atoms. The van der Waals surface area contributed by atoms with Gasteiger partial charge < -0.3 is 19.5 Å². The Morgan fingerprint density at radius 3 is 2.92 bits per heavy atom. The fraction of sp³-hybridized carbons (Fsp3) is 0.200. The standard InChI is InChI=1S/C20H19N3O3/c1-12-14-11-13(25-2)7-8-17(14)26-19(12)20(24)21-10-9-18-22-15-5-3-4-6-16(15)23-18/h3-8,11H,9-10H2,1-2H3,(H,21,24)(H,22,23). The largest absolute Gasteiger partial charge is 0.497 e. The molecule has 6 heteroatoms. The van der Waals surface area contributed by atoms with Gasteiger partial charge in [-0.1, -0.05) is 12.1 Å². The third kappa shape index (κ3) is 2.90. The van der Waals surface area contributed by atoms with Gasteiger partial charge in [-0.2, -0.15) is 0 Å². The predicted molar refractivity (Wildman–Crippen MR) is 99.6 cm³/mol. The lowest BCUT2D eigenvalue weighted by atomic mass is 10.1. The van der Waals surface area contributed by atoms with Gasteiger partial charge in [-0.3, -0.25) is 4.79 Å². The molecular weight excluding hydrogens is 330 g/mol. The van der Waals surface area contributed by atoms with Gasteiger partial charge in [0, 0.05) is 23.9 Å². The number of methoxy groups -OCH3 is 1. The third-order valence-corrected chi connectivity index (χ3v) is 4.44. The van der Waals surface area contributed by atoms with Crippen molar-refractivity contribution in [3.63, 3.8) is 0 Å². The number of imidazole rings is 1. The second-order valence-electron chi connectivity index (χ2n) is 6.12. The van der Waals surface area contributed by atoms with Gasteiger partial charge in [0.2, 0.25) is 0 Å². The lowest BCUT2D eigenvalue weighted by Crippen LogP contribution is -2.26. The highest BCUT2D eigenvalue weighted by Gasteiger charge is 2.18. The van der Waals surface area contributed by atoms with Gasteiger partial charge in [-0.25, -0.2) is 4.98 Å². The average molecular weight is 349 g/mol. The molecule has 2 aromatic heterocycles. The molecular formula is C20H19N3O3. The lowest BCUT2D eigenvalue weighted by Gasteiger charge is -2.02. The summed E-state index contributed by atoms with van der Waals surface area (Å²) in [4.78, 5) is 20.2. The third-order valence-electron chi connectivity index (χ3n) is 4.44. The number of furan rings is 1. The Bertz CT molecular complexity index is 1060. The molecule has 0 unspecified atom stereocenters. The Kier molecular flexibility index (Phi) is 4.08. The van der Waals surface area contributed by atoms with Gasteiger partial charge in [0.05, 0.1) is 18.1 Å². The first-order valence-corrected chi connectivity index (χ1v) is 8.44. The first-order valence-electron chi connectivity index (χ1n) is 8.44. The number of nitrogens with zero attached hydrogens (tertiary/aromatic N) is 1. The van der Waals surface area contributed by atoms with E-state index in [1.807, 2.05) is 49.4 Å². The van der Waals surface area contributed by atoms with Crippen molar-refractivity contribution >= 4 is 27.9 Å². The van der Waals surface area contributed by atoms with E-state index in [-0.39, 0.29) is 5.91 Å². The fourth-order valence-electron chi connectivity index (χ4n) is 3.04. The van der Waals surface area contributed by atoms with Crippen molar-refractivity contribution in [2.24, 2.45) is 0 Å². The molecule has 0 fully saturated rings. The van der Waals surface area contributed by atoms with Crippen molar-refractivity contribution in [3.05, 3.63) is 59.6 Å². The predicted octanol–water partition coefficient (Wildman–Crippen LogP) is 3.60. The molecule has 132 valence electrons.